The average molecular weight is 461 g/mol. The molecule has 31 heavy (non-hydrogen) atoms. The van der Waals surface area contributed by atoms with Gasteiger partial charge < -0.3 is 9.84 Å². The minimum absolute atomic E-state index is 0.0636. The van der Waals surface area contributed by atoms with Crippen molar-refractivity contribution in [1.29, 1.82) is 0 Å². The molecule has 0 saturated heterocycles. The maximum atomic E-state index is 14.3. The highest BCUT2D eigenvalue weighted by Crippen LogP contribution is 2.41. The zero-order valence-electron chi connectivity index (χ0n) is 16.2. The van der Waals surface area contributed by atoms with Crippen LogP contribution in [-0.4, -0.2) is 23.6 Å². The Balaban J connectivity index is 1.86. The fourth-order valence-electron chi connectivity index (χ4n) is 3.47. The number of carboxylic acid groups (broad SMARTS) is 1. The molecule has 1 aliphatic rings. The number of ether oxygens (including phenoxy) is 1. The zero-order chi connectivity index (χ0) is 22.8. The van der Waals surface area contributed by atoms with Gasteiger partial charge in [-0.3, -0.25) is 4.79 Å². The maximum Gasteiger partial charge on any atom is 0.303 e. The zero-order valence-corrected chi connectivity index (χ0v) is 16.9. The lowest BCUT2D eigenvalue weighted by Gasteiger charge is -2.27. The topological polar surface area (TPSA) is 46.5 Å². The summed E-state index contributed by atoms with van der Waals surface area (Å²) in [6, 6.07) is 5.81. The van der Waals surface area contributed by atoms with Gasteiger partial charge in [0.05, 0.1) is 5.02 Å². The summed E-state index contributed by atoms with van der Waals surface area (Å²) in [6.45, 7) is -0.516. The van der Waals surface area contributed by atoms with E-state index in [1.54, 1.807) is 0 Å². The first-order chi connectivity index (χ1) is 14.6. The predicted octanol–water partition coefficient (Wildman–Crippen LogP) is 6.43. The van der Waals surface area contributed by atoms with Crippen molar-refractivity contribution in [3.05, 3.63) is 69.5 Å². The van der Waals surface area contributed by atoms with Crippen molar-refractivity contribution in [3.8, 4) is 5.75 Å². The molecular formula is C22H18ClF5O3. The molecule has 0 bridgehead atoms. The Bertz CT molecular complexity index is 1010. The molecule has 0 spiro atoms. The maximum absolute atomic E-state index is 14.3. The third-order valence-electron chi connectivity index (χ3n) is 4.98. The van der Waals surface area contributed by atoms with E-state index in [1.165, 1.54) is 12.1 Å². The van der Waals surface area contributed by atoms with Gasteiger partial charge in [-0.1, -0.05) is 17.7 Å². The van der Waals surface area contributed by atoms with E-state index >= 15 is 0 Å². The lowest BCUT2D eigenvalue weighted by molar-refractivity contribution is -0.136. The van der Waals surface area contributed by atoms with Crippen molar-refractivity contribution in [2.45, 2.75) is 38.0 Å². The second kappa shape index (κ2) is 9.26. The van der Waals surface area contributed by atoms with Crippen LogP contribution in [-0.2, 0) is 11.2 Å². The Hall–Kier alpha value is -2.61. The van der Waals surface area contributed by atoms with Crippen LogP contribution in [0, 0.1) is 17.5 Å². The summed E-state index contributed by atoms with van der Waals surface area (Å²) in [6.07, 6.45) is -1.58. The fraction of sp³-hybridized carbons (Fsp3) is 0.318. The van der Waals surface area contributed by atoms with Gasteiger partial charge in [0.15, 0.2) is 17.4 Å². The van der Waals surface area contributed by atoms with Gasteiger partial charge in [0.25, 0.3) is 5.92 Å². The van der Waals surface area contributed by atoms with Crippen molar-refractivity contribution in [2.75, 3.05) is 6.61 Å². The van der Waals surface area contributed by atoms with Crippen LogP contribution in [0.25, 0.3) is 5.57 Å². The quantitative estimate of drug-likeness (QED) is 0.484. The highest BCUT2D eigenvalue weighted by atomic mass is 35.5. The number of halogens is 6. The van der Waals surface area contributed by atoms with E-state index in [1.807, 2.05) is 0 Å². The van der Waals surface area contributed by atoms with Crippen LogP contribution in [0.3, 0.4) is 0 Å². The molecule has 0 atom stereocenters. The van der Waals surface area contributed by atoms with E-state index in [9.17, 15) is 26.7 Å². The number of rotatable bonds is 7. The van der Waals surface area contributed by atoms with Crippen LogP contribution >= 0.6 is 11.6 Å². The van der Waals surface area contributed by atoms with Gasteiger partial charge in [-0.05, 0) is 59.4 Å². The third kappa shape index (κ3) is 5.76. The highest BCUT2D eigenvalue weighted by Gasteiger charge is 2.36. The van der Waals surface area contributed by atoms with Crippen LogP contribution in [0.15, 0.2) is 35.9 Å². The molecule has 0 heterocycles. The molecule has 166 valence electrons. The van der Waals surface area contributed by atoms with E-state index < -0.39 is 54.5 Å². The minimum atomic E-state index is -3.02. The molecular weight excluding hydrogens is 443 g/mol. The van der Waals surface area contributed by atoms with Crippen LogP contribution in [0.5, 0.6) is 5.75 Å². The number of hydrogen-bond acceptors (Lipinski definition) is 2. The number of carboxylic acids is 1. The second-order valence-electron chi connectivity index (χ2n) is 7.31. The van der Waals surface area contributed by atoms with Crippen LogP contribution < -0.4 is 4.74 Å². The van der Waals surface area contributed by atoms with E-state index in [2.05, 4.69) is 0 Å². The number of carbonyl (C=O) groups is 1. The monoisotopic (exact) mass is 460 g/mol. The van der Waals surface area contributed by atoms with E-state index in [0.717, 1.165) is 18.2 Å². The average Bonchev–Trinajstić information content (AvgIpc) is 2.67. The number of alkyl halides is 2. The van der Waals surface area contributed by atoms with E-state index in [-0.39, 0.29) is 35.4 Å². The van der Waals surface area contributed by atoms with Gasteiger partial charge in [0, 0.05) is 19.3 Å². The molecule has 0 aromatic heterocycles. The molecule has 3 rings (SSSR count). The van der Waals surface area contributed by atoms with Gasteiger partial charge in [0.2, 0.25) is 0 Å². The molecule has 0 aliphatic heterocycles. The highest BCUT2D eigenvalue weighted by molar-refractivity contribution is 6.30. The molecule has 0 saturated carbocycles. The first-order valence-electron chi connectivity index (χ1n) is 9.42. The SMILES string of the molecule is O=C(O)CCc1cc(F)c(OCC2=C(c3ccc(Cl)c(F)c3)CCC(F)(F)C2)c(F)c1. The summed E-state index contributed by atoms with van der Waals surface area (Å²) in [5, 5.41) is 8.57. The number of allylic oxidation sites excluding steroid dienone is 1. The lowest BCUT2D eigenvalue weighted by atomic mass is 9.85. The van der Waals surface area contributed by atoms with Gasteiger partial charge >= 0.3 is 5.97 Å². The van der Waals surface area contributed by atoms with E-state index in [0.29, 0.717) is 11.1 Å². The lowest BCUT2D eigenvalue weighted by Crippen LogP contribution is -2.24. The first-order valence-corrected chi connectivity index (χ1v) is 9.80. The van der Waals surface area contributed by atoms with Crippen molar-refractivity contribution in [3.63, 3.8) is 0 Å². The molecule has 3 nitrogen and oxygen atoms in total. The smallest absolute Gasteiger partial charge is 0.303 e. The summed E-state index contributed by atoms with van der Waals surface area (Å²) in [5.41, 5.74) is 0.999. The van der Waals surface area contributed by atoms with Gasteiger partial charge in [-0.15, -0.1) is 0 Å². The van der Waals surface area contributed by atoms with Crippen LogP contribution in [0.2, 0.25) is 5.02 Å². The number of aryl methyl sites for hydroxylation is 1. The van der Waals surface area contributed by atoms with Crippen LogP contribution in [0.4, 0.5) is 22.0 Å². The molecule has 1 N–H and O–H groups in total. The summed E-state index contributed by atoms with van der Waals surface area (Å²) in [5.74, 6) is -7.73. The second-order valence-corrected chi connectivity index (χ2v) is 7.72. The molecule has 2 aromatic carbocycles. The van der Waals surface area contributed by atoms with Crippen molar-refractivity contribution < 1.29 is 36.6 Å². The third-order valence-corrected chi connectivity index (χ3v) is 5.29. The summed E-state index contributed by atoms with van der Waals surface area (Å²) >= 11 is 5.68. The molecule has 1 aliphatic carbocycles. The molecule has 9 heteroatoms. The molecule has 0 radical (unpaired) electrons. The number of benzene rings is 2. The Labute approximate surface area is 180 Å². The van der Waals surface area contributed by atoms with Gasteiger partial charge in [0.1, 0.15) is 12.4 Å². The number of aliphatic carboxylic acids is 1. The minimum Gasteiger partial charge on any atom is -0.483 e. The standard InChI is InChI=1S/C22H18ClF5O3/c23-16-3-2-13(9-17(16)24)15-5-6-22(27,28)10-14(15)11-31-21-18(25)7-12(8-19(21)26)1-4-20(29)30/h2-3,7-9H,1,4-6,10-11H2,(H,29,30). The Morgan fingerprint density at radius 3 is 2.39 bits per heavy atom. The number of hydrogen-bond donors (Lipinski definition) is 1. The van der Waals surface area contributed by atoms with Gasteiger partial charge in [-0.2, -0.15) is 0 Å². The van der Waals surface area contributed by atoms with Crippen molar-refractivity contribution in [1.82, 2.24) is 0 Å². The Kier molecular flexibility index (Phi) is 6.89. The Morgan fingerprint density at radius 2 is 1.77 bits per heavy atom. The largest absolute Gasteiger partial charge is 0.483 e. The fourth-order valence-corrected chi connectivity index (χ4v) is 3.59. The molecule has 0 unspecified atom stereocenters. The first kappa shape index (κ1) is 23.1. The van der Waals surface area contributed by atoms with E-state index in [4.69, 9.17) is 21.4 Å². The summed E-state index contributed by atoms with van der Waals surface area (Å²) < 4.78 is 75.7. The van der Waals surface area contributed by atoms with Gasteiger partial charge in [-0.25, -0.2) is 22.0 Å². The normalized spacial score (nSPS) is 15.8. The van der Waals surface area contributed by atoms with Crippen molar-refractivity contribution in [2.24, 2.45) is 0 Å². The molecule has 0 amide bonds. The summed E-state index contributed by atoms with van der Waals surface area (Å²) in [4.78, 5) is 10.6. The predicted molar refractivity (Wildman–Crippen MR) is 105 cm³/mol. The van der Waals surface area contributed by atoms with Crippen molar-refractivity contribution >= 4 is 23.1 Å². The Morgan fingerprint density at radius 1 is 1.10 bits per heavy atom. The summed E-state index contributed by atoms with van der Waals surface area (Å²) in [7, 11) is 0. The molecule has 0 fully saturated rings. The van der Waals surface area contributed by atoms with Crippen LogP contribution in [0.1, 0.15) is 36.8 Å². The molecule has 2 aromatic rings.